The van der Waals surface area contributed by atoms with Crippen LogP contribution in [0.15, 0.2) is 46.9 Å². The fourth-order valence-electron chi connectivity index (χ4n) is 2.62. The minimum absolute atomic E-state index is 0.451. The van der Waals surface area contributed by atoms with Gasteiger partial charge in [0.25, 0.3) is 0 Å². The number of aromatic amines is 1. The monoisotopic (exact) mass is 328 g/mol. The third kappa shape index (κ3) is 3.79. The first-order chi connectivity index (χ1) is 11.6. The summed E-state index contributed by atoms with van der Waals surface area (Å²) >= 11 is 0. The molecular formula is C17H21FN6. The second-order valence-electron chi connectivity index (χ2n) is 5.79. The lowest BCUT2D eigenvalue weighted by Gasteiger charge is -2.30. The van der Waals surface area contributed by atoms with Gasteiger partial charge in [0.2, 0.25) is 5.95 Å². The molecule has 0 unspecified atom stereocenters. The quantitative estimate of drug-likeness (QED) is 0.826. The summed E-state index contributed by atoms with van der Waals surface area (Å²) in [5, 5.41) is 10.1. The summed E-state index contributed by atoms with van der Waals surface area (Å²) in [4.78, 5) is 10.6. The summed E-state index contributed by atoms with van der Waals surface area (Å²) in [6, 6.07) is 4.86. The Hall–Kier alpha value is -2.70. The molecule has 0 spiro atoms. The summed E-state index contributed by atoms with van der Waals surface area (Å²) in [5.41, 5.74) is 4.09. The van der Waals surface area contributed by atoms with Crippen molar-refractivity contribution in [1.82, 2.24) is 25.4 Å². The molecule has 2 aromatic rings. The molecule has 1 aliphatic heterocycles. The van der Waals surface area contributed by atoms with Gasteiger partial charge in [-0.2, -0.15) is 9.49 Å². The molecule has 6 nitrogen and oxygen atoms in total. The van der Waals surface area contributed by atoms with Gasteiger partial charge in [-0.05, 0) is 38.0 Å². The van der Waals surface area contributed by atoms with Gasteiger partial charge in [0.05, 0.1) is 18.4 Å². The SMILES string of the molecule is CC1=C(C)N(Cc2cccc(F)n2)CN=C1NCCc1cn[nH]c1. The van der Waals surface area contributed by atoms with E-state index in [1.807, 2.05) is 25.4 Å². The van der Waals surface area contributed by atoms with E-state index >= 15 is 0 Å². The Morgan fingerprint density at radius 3 is 2.96 bits per heavy atom. The molecule has 0 radical (unpaired) electrons. The number of hydrogen-bond donors (Lipinski definition) is 2. The van der Waals surface area contributed by atoms with Gasteiger partial charge in [-0.1, -0.05) is 6.07 Å². The third-order valence-electron chi connectivity index (χ3n) is 4.16. The van der Waals surface area contributed by atoms with Crippen LogP contribution in [0.2, 0.25) is 0 Å². The van der Waals surface area contributed by atoms with E-state index in [2.05, 4.69) is 37.3 Å². The Morgan fingerprint density at radius 2 is 2.21 bits per heavy atom. The van der Waals surface area contributed by atoms with E-state index in [0.29, 0.717) is 18.9 Å². The van der Waals surface area contributed by atoms with Crippen LogP contribution in [0.5, 0.6) is 0 Å². The number of aliphatic imine (C=N–C) groups is 1. The molecule has 0 aliphatic carbocycles. The maximum atomic E-state index is 13.2. The number of pyridine rings is 1. The summed E-state index contributed by atoms with van der Waals surface area (Å²) in [7, 11) is 0. The van der Waals surface area contributed by atoms with Crippen LogP contribution in [0.4, 0.5) is 4.39 Å². The summed E-state index contributed by atoms with van der Waals surface area (Å²) in [5.74, 6) is 0.465. The van der Waals surface area contributed by atoms with Gasteiger partial charge in [-0.25, -0.2) is 9.98 Å². The highest BCUT2D eigenvalue weighted by molar-refractivity contribution is 5.98. The highest BCUT2D eigenvalue weighted by Gasteiger charge is 2.17. The summed E-state index contributed by atoms with van der Waals surface area (Å²) in [6.45, 7) is 5.99. The largest absolute Gasteiger partial charge is 0.370 e. The van der Waals surface area contributed by atoms with E-state index in [1.165, 1.54) is 6.07 Å². The molecule has 1 aliphatic rings. The second-order valence-corrected chi connectivity index (χ2v) is 5.79. The van der Waals surface area contributed by atoms with E-state index in [0.717, 1.165) is 35.6 Å². The number of nitrogens with zero attached hydrogens (tertiary/aromatic N) is 4. The standard InChI is InChI=1S/C17H21FN6/c1-12-13(2)24(10-15-4-3-5-16(18)23-15)11-20-17(12)19-7-6-14-8-21-22-9-14/h3-5,8-9H,6-7,10-11H2,1-2H3,(H,19,20)(H,21,22). The first-order valence-electron chi connectivity index (χ1n) is 7.93. The maximum absolute atomic E-state index is 13.2. The fourth-order valence-corrected chi connectivity index (χ4v) is 2.62. The third-order valence-corrected chi connectivity index (χ3v) is 4.16. The maximum Gasteiger partial charge on any atom is 0.213 e. The van der Waals surface area contributed by atoms with Crippen molar-refractivity contribution in [3.05, 3.63) is 59.1 Å². The predicted octanol–water partition coefficient (Wildman–Crippen LogP) is 2.24. The van der Waals surface area contributed by atoms with E-state index in [1.54, 1.807) is 6.07 Å². The Labute approximate surface area is 140 Å². The Bertz CT molecular complexity index is 750. The first-order valence-corrected chi connectivity index (χ1v) is 7.93. The number of rotatable bonds is 5. The van der Waals surface area contributed by atoms with Crippen LogP contribution >= 0.6 is 0 Å². The minimum atomic E-state index is -0.451. The number of allylic oxidation sites excluding steroid dienone is 1. The van der Waals surface area contributed by atoms with Crippen molar-refractivity contribution in [2.24, 2.45) is 4.99 Å². The summed E-state index contributed by atoms with van der Waals surface area (Å²) < 4.78 is 13.2. The van der Waals surface area contributed by atoms with E-state index < -0.39 is 5.95 Å². The van der Waals surface area contributed by atoms with Gasteiger partial charge in [0.1, 0.15) is 12.5 Å². The molecule has 2 N–H and O–H groups in total. The molecule has 24 heavy (non-hydrogen) atoms. The molecule has 0 amide bonds. The zero-order valence-electron chi connectivity index (χ0n) is 13.9. The van der Waals surface area contributed by atoms with Crippen molar-refractivity contribution < 1.29 is 4.39 Å². The molecule has 3 heterocycles. The van der Waals surface area contributed by atoms with Gasteiger partial charge in [-0.15, -0.1) is 0 Å². The van der Waals surface area contributed by atoms with Crippen molar-refractivity contribution >= 4 is 5.84 Å². The van der Waals surface area contributed by atoms with Crippen LogP contribution in [0, 0.1) is 5.95 Å². The summed E-state index contributed by atoms with van der Waals surface area (Å²) in [6.07, 6.45) is 4.61. The molecule has 3 rings (SSSR count). The van der Waals surface area contributed by atoms with Crippen molar-refractivity contribution in [2.75, 3.05) is 13.2 Å². The van der Waals surface area contributed by atoms with Gasteiger partial charge >= 0.3 is 0 Å². The lowest BCUT2D eigenvalue weighted by atomic mass is 10.1. The van der Waals surface area contributed by atoms with Crippen LogP contribution in [-0.4, -0.2) is 39.1 Å². The molecule has 0 fully saturated rings. The average molecular weight is 328 g/mol. The number of nitrogens with one attached hydrogen (secondary N) is 2. The van der Waals surface area contributed by atoms with Crippen LogP contribution < -0.4 is 5.32 Å². The molecule has 0 aromatic carbocycles. The zero-order chi connectivity index (χ0) is 16.9. The van der Waals surface area contributed by atoms with Gasteiger partial charge in [0, 0.05) is 24.0 Å². The molecule has 0 saturated heterocycles. The lowest BCUT2D eigenvalue weighted by Crippen LogP contribution is -2.35. The van der Waals surface area contributed by atoms with Crippen molar-refractivity contribution in [1.29, 1.82) is 0 Å². The normalized spacial score (nSPS) is 14.8. The van der Waals surface area contributed by atoms with Crippen molar-refractivity contribution in [2.45, 2.75) is 26.8 Å². The number of hydrogen-bond acceptors (Lipinski definition) is 5. The second kappa shape index (κ2) is 7.25. The molecule has 0 atom stereocenters. The Balaban J connectivity index is 1.59. The van der Waals surface area contributed by atoms with Crippen molar-refractivity contribution in [3.8, 4) is 0 Å². The number of H-pyrrole nitrogens is 1. The molecule has 0 bridgehead atoms. The first kappa shape index (κ1) is 16.2. The van der Waals surface area contributed by atoms with Crippen LogP contribution in [0.25, 0.3) is 0 Å². The van der Waals surface area contributed by atoms with Crippen molar-refractivity contribution in [3.63, 3.8) is 0 Å². The zero-order valence-corrected chi connectivity index (χ0v) is 13.9. The lowest BCUT2D eigenvalue weighted by molar-refractivity contribution is 0.334. The highest BCUT2D eigenvalue weighted by atomic mass is 19.1. The van der Waals surface area contributed by atoms with E-state index in [4.69, 9.17) is 0 Å². The molecule has 7 heteroatoms. The number of amidine groups is 1. The minimum Gasteiger partial charge on any atom is -0.370 e. The number of halogens is 1. The highest BCUT2D eigenvalue weighted by Crippen LogP contribution is 2.18. The van der Waals surface area contributed by atoms with E-state index in [-0.39, 0.29) is 0 Å². The van der Waals surface area contributed by atoms with Crippen LogP contribution in [0.3, 0.4) is 0 Å². The average Bonchev–Trinajstić information content (AvgIpc) is 3.07. The Morgan fingerprint density at radius 1 is 1.33 bits per heavy atom. The molecule has 126 valence electrons. The Kier molecular flexibility index (Phi) is 4.88. The topological polar surface area (TPSA) is 69.2 Å². The molecular weight excluding hydrogens is 307 g/mol. The van der Waals surface area contributed by atoms with Gasteiger partial charge in [-0.3, -0.25) is 5.10 Å². The molecule has 0 saturated carbocycles. The van der Waals surface area contributed by atoms with Gasteiger partial charge in [0.15, 0.2) is 0 Å². The van der Waals surface area contributed by atoms with Gasteiger partial charge < -0.3 is 10.2 Å². The predicted molar refractivity (Wildman–Crippen MR) is 90.7 cm³/mol. The smallest absolute Gasteiger partial charge is 0.213 e. The molecule has 2 aromatic heterocycles. The fraction of sp³-hybridized carbons (Fsp3) is 0.353. The van der Waals surface area contributed by atoms with E-state index in [9.17, 15) is 4.39 Å². The van der Waals surface area contributed by atoms with Crippen LogP contribution in [-0.2, 0) is 13.0 Å². The number of aromatic nitrogens is 3. The van der Waals surface area contributed by atoms with Crippen LogP contribution in [0.1, 0.15) is 25.1 Å².